The molecule has 1 aromatic heterocycles. The molecule has 0 aromatic carbocycles. The van der Waals surface area contributed by atoms with Gasteiger partial charge in [-0.3, -0.25) is 10.1 Å². The maximum Gasteiger partial charge on any atom is 0.311 e. The second-order valence-corrected chi connectivity index (χ2v) is 5.95. The molecule has 0 unspecified atom stereocenters. The molecule has 0 aliphatic heterocycles. The molecule has 6 nitrogen and oxygen atoms in total. The van der Waals surface area contributed by atoms with Gasteiger partial charge in [-0.05, 0) is 11.8 Å². The lowest BCUT2D eigenvalue weighted by molar-refractivity contribution is -0.384. The van der Waals surface area contributed by atoms with Crippen LogP contribution in [0, 0.1) is 15.5 Å². The molecule has 0 saturated heterocycles. The zero-order valence-corrected chi connectivity index (χ0v) is 13.3. The molecule has 1 N–H and O–H groups in total. The fourth-order valence-electron chi connectivity index (χ4n) is 2.09. The number of ether oxygens (including phenoxy) is 1. The van der Waals surface area contributed by atoms with Crippen LogP contribution in [0.25, 0.3) is 0 Å². The first kappa shape index (κ1) is 17.2. The molecule has 1 aromatic rings. The minimum atomic E-state index is -0.432. The molecule has 1 heterocycles. The molecule has 0 amide bonds. The Kier molecular flexibility index (Phi) is 6.39. The highest BCUT2D eigenvalue weighted by atomic mass is 16.6. The number of rotatable bonds is 9. The fourth-order valence-corrected chi connectivity index (χ4v) is 2.09. The highest BCUT2D eigenvalue weighted by Crippen LogP contribution is 2.28. The van der Waals surface area contributed by atoms with E-state index >= 15 is 0 Å². The Bertz CT molecular complexity index is 475. The van der Waals surface area contributed by atoms with E-state index in [9.17, 15) is 10.1 Å². The minimum Gasteiger partial charge on any atom is -0.481 e. The van der Waals surface area contributed by atoms with E-state index in [4.69, 9.17) is 4.74 Å². The Morgan fingerprint density at radius 1 is 1.38 bits per heavy atom. The number of unbranched alkanes of at least 4 members (excludes halogenated alkanes) is 2. The lowest BCUT2D eigenvalue weighted by Crippen LogP contribution is -2.24. The van der Waals surface area contributed by atoms with Gasteiger partial charge in [-0.15, -0.1) is 0 Å². The molecule has 0 radical (unpaired) electrons. The van der Waals surface area contributed by atoms with Crippen molar-refractivity contribution >= 4 is 11.5 Å². The predicted octanol–water partition coefficient (Wildman–Crippen LogP) is 4.02. The highest BCUT2D eigenvalue weighted by Gasteiger charge is 2.21. The lowest BCUT2D eigenvalue weighted by atomic mass is 9.87. The quantitative estimate of drug-likeness (QED) is 0.423. The van der Waals surface area contributed by atoms with Gasteiger partial charge in [-0.2, -0.15) is 4.98 Å². The molecule has 0 bridgehead atoms. The number of hydrogen-bond acceptors (Lipinski definition) is 5. The van der Waals surface area contributed by atoms with Gasteiger partial charge >= 0.3 is 5.69 Å². The summed E-state index contributed by atoms with van der Waals surface area (Å²) in [7, 11) is 1.49. The summed E-state index contributed by atoms with van der Waals surface area (Å²) in [5.74, 6) is 0.634. The predicted molar refractivity (Wildman–Crippen MR) is 83.9 cm³/mol. The number of nitrogens with zero attached hydrogens (tertiary/aromatic N) is 2. The first-order chi connectivity index (χ1) is 9.89. The van der Waals surface area contributed by atoms with Gasteiger partial charge in [0.25, 0.3) is 0 Å². The van der Waals surface area contributed by atoms with Gasteiger partial charge in [0, 0.05) is 18.7 Å². The second kappa shape index (κ2) is 7.81. The van der Waals surface area contributed by atoms with Crippen molar-refractivity contribution in [3.63, 3.8) is 0 Å². The number of pyridine rings is 1. The van der Waals surface area contributed by atoms with Crippen LogP contribution in [-0.4, -0.2) is 23.6 Å². The van der Waals surface area contributed by atoms with Crippen LogP contribution < -0.4 is 10.1 Å². The Hall–Kier alpha value is -1.85. The second-order valence-electron chi connectivity index (χ2n) is 5.95. The van der Waals surface area contributed by atoms with Crippen LogP contribution in [0.1, 0.15) is 46.5 Å². The van der Waals surface area contributed by atoms with Gasteiger partial charge < -0.3 is 10.1 Å². The van der Waals surface area contributed by atoms with Crippen molar-refractivity contribution in [3.05, 3.63) is 22.2 Å². The van der Waals surface area contributed by atoms with Gasteiger partial charge in [0.1, 0.15) is 0 Å². The van der Waals surface area contributed by atoms with Crippen LogP contribution in [0.4, 0.5) is 11.5 Å². The summed E-state index contributed by atoms with van der Waals surface area (Å²) in [5.41, 5.74) is 0.0357. The first-order valence-corrected chi connectivity index (χ1v) is 7.33. The largest absolute Gasteiger partial charge is 0.481 e. The Morgan fingerprint density at radius 3 is 2.67 bits per heavy atom. The monoisotopic (exact) mass is 295 g/mol. The standard InChI is InChI=1S/C15H25N3O3/c1-5-6-7-10-15(2,3)11-16-14-12(18(19)20)8-9-13(17-14)21-4/h8-9H,5-7,10-11H2,1-4H3,(H,16,17). The molecule has 0 aliphatic rings. The summed E-state index contributed by atoms with van der Waals surface area (Å²) in [6, 6.07) is 2.91. The van der Waals surface area contributed by atoms with E-state index in [1.807, 2.05) is 0 Å². The summed E-state index contributed by atoms with van der Waals surface area (Å²) in [6.45, 7) is 7.12. The topological polar surface area (TPSA) is 77.3 Å². The third-order valence-corrected chi connectivity index (χ3v) is 3.45. The van der Waals surface area contributed by atoms with Gasteiger partial charge in [-0.25, -0.2) is 0 Å². The molecule has 118 valence electrons. The third-order valence-electron chi connectivity index (χ3n) is 3.45. The first-order valence-electron chi connectivity index (χ1n) is 7.33. The Balaban J connectivity index is 2.74. The van der Waals surface area contributed by atoms with Crippen molar-refractivity contribution in [2.45, 2.75) is 46.5 Å². The van der Waals surface area contributed by atoms with E-state index in [1.165, 1.54) is 38.5 Å². The highest BCUT2D eigenvalue weighted by molar-refractivity contribution is 5.57. The maximum atomic E-state index is 11.0. The molecule has 21 heavy (non-hydrogen) atoms. The number of anilines is 1. The third kappa shape index (κ3) is 5.57. The number of hydrogen-bond donors (Lipinski definition) is 1. The summed E-state index contributed by atoms with van der Waals surface area (Å²) in [5, 5.41) is 14.1. The smallest absolute Gasteiger partial charge is 0.311 e. The van der Waals surface area contributed by atoms with Crippen molar-refractivity contribution in [1.29, 1.82) is 0 Å². The van der Waals surface area contributed by atoms with E-state index in [-0.39, 0.29) is 16.9 Å². The number of nitro groups is 1. The fraction of sp³-hybridized carbons (Fsp3) is 0.667. The van der Waals surface area contributed by atoms with Gasteiger partial charge in [0.2, 0.25) is 11.7 Å². The lowest BCUT2D eigenvalue weighted by Gasteiger charge is -2.25. The molecule has 0 spiro atoms. The zero-order valence-electron chi connectivity index (χ0n) is 13.3. The average molecular weight is 295 g/mol. The van der Waals surface area contributed by atoms with E-state index < -0.39 is 4.92 Å². The molecule has 1 rings (SSSR count). The van der Waals surface area contributed by atoms with Crippen LogP contribution in [0.5, 0.6) is 5.88 Å². The van der Waals surface area contributed by atoms with Gasteiger partial charge in [0.05, 0.1) is 12.0 Å². The zero-order chi connectivity index (χ0) is 15.9. The SMILES string of the molecule is CCCCCC(C)(C)CNc1nc(OC)ccc1[N+](=O)[O-]. The maximum absolute atomic E-state index is 11.0. The van der Waals surface area contributed by atoms with E-state index in [2.05, 4.69) is 31.1 Å². The van der Waals surface area contributed by atoms with Crippen LogP contribution >= 0.6 is 0 Å². The summed E-state index contributed by atoms with van der Waals surface area (Å²) < 4.78 is 5.03. The van der Waals surface area contributed by atoms with Crippen molar-refractivity contribution in [2.24, 2.45) is 5.41 Å². The van der Waals surface area contributed by atoms with Crippen molar-refractivity contribution in [2.75, 3.05) is 19.0 Å². The summed E-state index contributed by atoms with van der Waals surface area (Å²) in [4.78, 5) is 14.7. The molecule has 6 heteroatoms. The van der Waals surface area contributed by atoms with Crippen LogP contribution in [0.3, 0.4) is 0 Å². The minimum absolute atomic E-state index is 0.0276. The molecular formula is C15H25N3O3. The Morgan fingerprint density at radius 2 is 2.10 bits per heavy atom. The molecule has 0 atom stereocenters. The molecule has 0 fully saturated rings. The van der Waals surface area contributed by atoms with Crippen LogP contribution in [-0.2, 0) is 0 Å². The van der Waals surface area contributed by atoms with Crippen molar-refractivity contribution < 1.29 is 9.66 Å². The van der Waals surface area contributed by atoms with Crippen LogP contribution in [0.15, 0.2) is 12.1 Å². The van der Waals surface area contributed by atoms with E-state index in [0.29, 0.717) is 12.4 Å². The van der Waals surface area contributed by atoms with Gasteiger partial charge in [-0.1, -0.05) is 40.0 Å². The number of aromatic nitrogens is 1. The molecule has 0 saturated carbocycles. The van der Waals surface area contributed by atoms with E-state index in [0.717, 1.165) is 6.42 Å². The normalized spacial score (nSPS) is 11.2. The summed E-state index contributed by atoms with van der Waals surface area (Å²) >= 11 is 0. The van der Waals surface area contributed by atoms with E-state index in [1.54, 1.807) is 0 Å². The average Bonchev–Trinajstić information content (AvgIpc) is 2.45. The van der Waals surface area contributed by atoms with Gasteiger partial charge in [0.15, 0.2) is 0 Å². The van der Waals surface area contributed by atoms with Crippen molar-refractivity contribution in [1.82, 2.24) is 4.98 Å². The Labute approximate surface area is 126 Å². The molecular weight excluding hydrogens is 270 g/mol. The van der Waals surface area contributed by atoms with Crippen LogP contribution in [0.2, 0.25) is 0 Å². The summed E-state index contributed by atoms with van der Waals surface area (Å²) in [6.07, 6.45) is 4.64. The number of nitrogens with one attached hydrogen (secondary N) is 1. The molecule has 0 aliphatic carbocycles. The number of methoxy groups -OCH3 is 1. The van der Waals surface area contributed by atoms with Crippen molar-refractivity contribution in [3.8, 4) is 5.88 Å².